The Morgan fingerprint density at radius 2 is 1.94 bits per heavy atom. The Morgan fingerprint density at radius 3 is 2.71 bits per heavy atom. The highest BCUT2D eigenvalue weighted by Crippen LogP contribution is 2.35. The molecule has 1 N–H and O–H groups in total. The van der Waals surface area contributed by atoms with Gasteiger partial charge in [0.15, 0.2) is 16.7 Å². The van der Waals surface area contributed by atoms with E-state index in [4.69, 9.17) is 9.47 Å². The van der Waals surface area contributed by atoms with E-state index in [2.05, 4.69) is 21.8 Å². The van der Waals surface area contributed by atoms with Crippen LogP contribution >= 0.6 is 11.8 Å². The van der Waals surface area contributed by atoms with Gasteiger partial charge in [-0.15, -0.1) is 0 Å². The number of carbonyl (C=O) groups is 1. The van der Waals surface area contributed by atoms with Crippen LogP contribution in [0, 0.1) is 5.82 Å². The van der Waals surface area contributed by atoms with Gasteiger partial charge in [-0.25, -0.2) is 9.37 Å². The van der Waals surface area contributed by atoms with Gasteiger partial charge in [-0.05, 0) is 49.2 Å². The largest absolute Gasteiger partial charge is 0.486 e. The first-order chi connectivity index (χ1) is 15.1. The molecule has 0 spiro atoms. The highest BCUT2D eigenvalue weighted by Gasteiger charge is 2.16. The number of carbonyl (C=O) groups excluding carboxylic acids is 1. The minimum absolute atomic E-state index is 0.0568. The Hall–Kier alpha value is -3.00. The molecule has 8 heteroatoms. The number of benzene rings is 2. The maximum atomic E-state index is 13.0. The van der Waals surface area contributed by atoms with Gasteiger partial charge in [0.05, 0.1) is 17.6 Å². The SMILES string of the molecule is CCn1c(-c2ccc3c(c2)OCCO3)cnc1SCC(=O)NCCc1ccc(F)cc1. The highest BCUT2D eigenvalue weighted by atomic mass is 32.2. The van der Waals surface area contributed by atoms with Crippen molar-refractivity contribution in [1.29, 1.82) is 0 Å². The van der Waals surface area contributed by atoms with Crippen LogP contribution in [0.25, 0.3) is 11.3 Å². The fourth-order valence-corrected chi connectivity index (χ4v) is 4.26. The van der Waals surface area contributed by atoms with Gasteiger partial charge in [0.1, 0.15) is 19.0 Å². The molecule has 0 bridgehead atoms. The molecular weight excluding hydrogens is 417 g/mol. The van der Waals surface area contributed by atoms with Crippen molar-refractivity contribution < 1.29 is 18.7 Å². The average molecular weight is 442 g/mol. The summed E-state index contributed by atoms with van der Waals surface area (Å²) in [6.07, 6.45) is 2.48. The number of imidazole rings is 1. The van der Waals surface area contributed by atoms with Crippen molar-refractivity contribution in [1.82, 2.24) is 14.9 Å². The molecule has 6 nitrogen and oxygen atoms in total. The third kappa shape index (κ3) is 5.19. The molecule has 0 fully saturated rings. The van der Waals surface area contributed by atoms with Crippen LogP contribution in [0.2, 0.25) is 0 Å². The molecule has 3 aromatic rings. The molecule has 31 heavy (non-hydrogen) atoms. The van der Waals surface area contributed by atoms with E-state index in [0.29, 0.717) is 26.2 Å². The molecule has 2 aromatic carbocycles. The smallest absolute Gasteiger partial charge is 0.230 e. The normalized spacial score (nSPS) is 12.6. The first kappa shape index (κ1) is 21.2. The van der Waals surface area contributed by atoms with Gasteiger partial charge in [0.25, 0.3) is 0 Å². The Balaban J connectivity index is 1.34. The van der Waals surface area contributed by atoms with Gasteiger partial charge in [0.2, 0.25) is 5.91 Å². The maximum Gasteiger partial charge on any atom is 0.230 e. The van der Waals surface area contributed by atoms with Crippen molar-refractivity contribution in [3.63, 3.8) is 0 Å². The van der Waals surface area contributed by atoms with Crippen LogP contribution < -0.4 is 14.8 Å². The Bertz CT molecular complexity index is 1050. The Labute approximate surface area is 184 Å². The number of thioether (sulfide) groups is 1. The molecule has 0 radical (unpaired) electrons. The standard InChI is InChI=1S/C23H24FN3O3S/c1-2-27-19(17-5-8-20-21(13-17)30-12-11-29-20)14-26-23(27)31-15-22(28)25-10-9-16-3-6-18(24)7-4-16/h3-8,13-14H,2,9-12,15H2,1H3,(H,25,28). The number of nitrogens with zero attached hydrogens (tertiary/aromatic N) is 2. The topological polar surface area (TPSA) is 65.4 Å². The molecule has 1 aliphatic heterocycles. The van der Waals surface area contributed by atoms with E-state index < -0.39 is 0 Å². The molecule has 0 unspecified atom stereocenters. The molecule has 0 aliphatic carbocycles. The fourth-order valence-electron chi connectivity index (χ4n) is 3.39. The maximum absolute atomic E-state index is 13.0. The molecule has 0 atom stereocenters. The second-order valence-electron chi connectivity index (χ2n) is 7.04. The molecule has 1 aliphatic rings. The molecule has 1 aromatic heterocycles. The van der Waals surface area contributed by atoms with Gasteiger partial charge in [0, 0.05) is 18.7 Å². The molecule has 1 amide bonds. The van der Waals surface area contributed by atoms with E-state index in [9.17, 15) is 9.18 Å². The van der Waals surface area contributed by atoms with Crippen molar-refractivity contribution in [2.24, 2.45) is 0 Å². The van der Waals surface area contributed by atoms with Crippen molar-refractivity contribution in [2.75, 3.05) is 25.5 Å². The molecule has 4 rings (SSSR count). The number of ether oxygens (including phenoxy) is 2. The van der Waals surface area contributed by atoms with Crippen LogP contribution in [0.15, 0.2) is 53.8 Å². The van der Waals surface area contributed by atoms with Gasteiger partial charge < -0.3 is 19.4 Å². The van der Waals surface area contributed by atoms with Gasteiger partial charge in [-0.3, -0.25) is 4.79 Å². The van der Waals surface area contributed by atoms with Crippen LogP contribution in [0.1, 0.15) is 12.5 Å². The predicted octanol–water partition coefficient (Wildman–Crippen LogP) is 3.93. The first-order valence-electron chi connectivity index (χ1n) is 10.2. The minimum atomic E-state index is -0.258. The summed E-state index contributed by atoms with van der Waals surface area (Å²) in [5, 5.41) is 3.70. The third-order valence-electron chi connectivity index (χ3n) is 4.95. The van der Waals surface area contributed by atoms with E-state index in [0.717, 1.165) is 40.0 Å². The lowest BCUT2D eigenvalue weighted by atomic mass is 10.1. The van der Waals surface area contributed by atoms with Crippen molar-refractivity contribution in [3.8, 4) is 22.8 Å². The summed E-state index contributed by atoms with van der Waals surface area (Å²) in [6.45, 7) is 4.40. The number of hydrogen-bond acceptors (Lipinski definition) is 5. The number of halogens is 1. The monoisotopic (exact) mass is 441 g/mol. The van der Waals surface area contributed by atoms with E-state index in [-0.39, 0.29) is 17.5 Å². The fraction of sp³-hybridized carbons (Fsp3) is 0.304. The summed E-state index contributed by atoms with van der Waals surface area (Å²) in [4.78, 5) is 16.8. The highest BCUT2D eigenvalue weighted by molar-refractivity contribution is 7.99. The van der Waals surface area contributed by atoms with Crippen molar-refractivity contribution >= 4 is 17.7 Å². The van der Waals surface area contributed by atoms with Crippen molar-refractivity contribution in [2.45, 2.75) is 25.0 Å². The summed E-state index contributed by atoms with van der Waals surface area (Å²) < 4.78 is 26.3. The average Bonchev–Trinajstić information content (AvgIpc) is 3.21. The summed E-state index contributed by atoms with van der Waals surface area (Å²) in [6, 6.07) is 12.2. The van der Waals surface area contributed by atoms with E-state index in [1.165, 1.54) is 23.9 Å². The summed E-state index contributed by atoms with van der Waals surface area (Å²) in [5.74, 6) is 1.46. The lowest BCUT2D eigenvalue weighted by Gasteiger charge is -2.19. The summed E-state index contributed by atoms with van der Waals surface area (Å²) in [7, 11) is 0. The molecule has 0 saturated carbocycles. The predicted molar refractivity (Wildman–Crippen MR) is 118 cm³/mol. The number of amides is 1. The van der Waals surface area contributed by atoms with Crippen LogP contribution in [-0.2, 0) is 17.8 Å². The summed E-state index contributed by atoms with van der Waals surface area (Å²) in [5.41, 5.74) is 2.95. The van der Waals surface area contributed by atoms with Crippen LogP contribution in [0.5, 0.6) is 11.5 Å². The summed E-state index contributed by atoms with van der Waals surface area (Å²) >= 11 is 1.41. The van der Waals surface area contributed by atoms with Gasteiger partial charge >= 0.3 is 0 Å². The number of fused-ring (bicyclic) bond motifs is 1. The zero-order valence-corrected chi connectivity index (χ0v) is 18.1. The second-order valence-corrected chi connectivity index (χ2v) is 7.99. The van der Waals surface area contributed by atoms with Crippen LogP contribution in [0.4, 0.5) is 4.39 Å². The van der Waals surface area contributed by atoms with Gasteiger partial charge in [-0.2, -0.15) is 0 Å². The number of rotatable bonds is 8. The molecular formula is C23H24FN3O3S. The van der Waals surface area contributed by atoms with E-state index >= 15 is 0 Å². The molecule has 162 valence electrons. The second kappa shape index (κ2) is 9.87. The minimum Gasteiger partial charge on any atom is -0.486 e. The lowest BCUT2D eigenvalue weighted by molar-refractivity contribution is -0.118. The molecule has 2 heterocycles. The van der Waals surface area contributed by atoms with E-state index in [1.54, 1.807) is 12.1 Å². The van der Waals surface area contributed by atoms with Gasteiger partial charge in [-0.1, -0.05) is 23.9 Å². The van der Waals surface area contributed by atoms with Crippen LogP contribution in [0.3, 0.4) is 0 Å². The Kier molecular flexibility index (Phi) is 6.76. The van der Waals surface area contributed by atoms with Crippen LogP contribution in [-0.4, -0.2) is 41.0 Å². The molecule has 0 saturated heterocycles. The zero-order chi connectivity index (χ0) is 21.6. The number of aromatic nitrogens is 2. The first-order valence-corrected chi connectivity index (χ1v) is 11.2. The quantitative estimate of drug-likeness (QED) is 0.537. The number of hydrogen-bond donors (Lipinski definition) is 1. The number of nitrogens with one attached hydrogen (secondary N) is 1. The zero-order valence-electron chi connectivity index (χ0n) is 17.3. The van der Waals surface area contributed by atoms with E-state index in [1.807, 2.05) is 24.4 Å². The Morgan fingerprint density at radius 1 is 1.16 bits per heavy atom. The lowest BCUT2D eigenvalue weighted by Crippen LogP contribution is -2.27. The van der Waals surface area contributed by atoms with Crippen molar-refractivity contribution in [3.05, 3.63) is 60.0 Å². The third-order valence-corrected chi connectivity index (χ3v) is 5.95.